The van der Waals surface area contributed by atoms with Crippen LogP contribution in [0.25, 0.3) is 16.7 Å². The van der Waals surface area contributed by atoms with Gasteiger partial charge in [0.05, 0.1) is 11.0 Å². The largest absolute Gasteiger partial charge is 0.339 e. The Bertz CT molecular complexity index is 1370. The predicted molar refractivity (Wildman–Crippen MR) is 141 cm³/mol. The first-order valence-corrected chi connectivity index (χ1v) is 12.2. The number of amides is 2. The molecule has 4 aromatic rings. The van der Waals surface area contributed by atoms with Crippen molar-refractivity contribution >= 4 is 40.0 Å². The molecule has 1 saturated heterocycles. The number of carbonyl (C=O) groups excluding carboxylic acids is 2. The summed E-state index contributed by atoms with van der Waals surface area (Å²) in [5.74, 6) is 0.610. The molecule has 1 aliphatic rings. The second kappa shape index (κ2) is 10.3. The second-order valence-corrected chi connectivity index (χ2v) is 9.40. The Kier molecular flexibility index (Phi) is 7.14. The molecule has 2 aromatic carbocycles. The molecule has 0 aliphatic carbocycles. The van der Waals surface area contributed by atoms with Crippen molar-refractivity contribution in [2.75, 3.05) is 31.5 Å². The third-order valence-corrected chi connectivity index (χ3v) is 5.91. The SMILES string of the molecule is CC.CC(C)(C)C(=O)N1CCN(C(=O)c2ccc(Nc3nc4ccccc4n4nnnc34)cc2)CC1.[HH]. The van der Waals surface area contributed by atoms with Gasteiger partial charge >= 0.3 is 0 Å². The number of anilines is 2. The van der Waals surface area contributed by atoms with Crippen LogP contribution in [0.15, 0.2) is 48.5 Å². The zero-order chi connectivity index (χ0) is 25.9. The van der Waals surface area contributed by atoms with Gasteiger partial charge in [-0.1, -0.05) is 46.8 Å². The van der Waals surface area contributed by atoms with E-state index in [-0.39, 0.29) is 13.2 Å². The molecule has 36 heavy (non-hydrogen) atoms. The quantitative estimate of drug-likeness (QED) is 0.462. The molecule has 3 heterocycles. The summed E-state index contributed by atoms with van der Waals surface area (Å²) in [6, 6.07) is 14.9. The van der Waals surface area contributed by atoms with E-state index in [0.717, 1.165) is 16.7 Å². The van der Waals surface area contributed by atoms with E-state index >= 15 is 0 Å². The van der Waals surface area contributed by atoms with Crippen LogP contribution < -0.4 is 5.32 Å². The van der Waals surface area contributed by atoms with E-state index in [2.05, 4.69) is 25.8 Å². The Morgan fingerprint density at radius 3 is 2.22 bits per heavy atom. The molecule has 0 spiro atoms. The summed E-state index contributed by atoms with van der Waals surface area (Å²) in [7, 11) is 0. The molecule has 0 atom stereocenters. The number of piperazine rings is 1. The highest BCUT2D eigenvalue weighted by Crippen LogP contribution is 2.23. The fraction of sp³-hybridized carbons (Fsp3) is 0.385. The first-order chi connectivity index (χ1) is 17.3. The molecule has 0 saturated carbocycles. The van der Waals surface area contributed by atoms with Crippen LogP contribution in [0.1, 0.15) is 46.4 Å². The van der Waals surface area contributed by atoms with Gasteiger partial charge in [-0.3, -0.25) is 9.59 Å². The molecule has 190 valence electrons. The van der Waals surface area contributed by atoms with E-state index in [1.165, 1.54) is 0 Å². The number of carbonyl (C=O) groups is 2. The van der Waals surface area contributed by atoms with Gasteiger partial charge in [0.15, 0.2) is 5.82 Å². The van der Waals surface area contributed by atoms with Crippen LogP contribution in [0, 0.1) is 5.41 Å². The Balaban J connectivity index is 0.00000124. The lowest BCUT2D eigenvalue weighted by atomic mass is 9.94. The average molecular weight is 491 g/mol. The lowest BCUT2D eigenvalue weighted by Gasteiger charge is -2.37. The van der Waals surface area contributed by atoms with E-state index < -0.39 is 5.41 Å². The zero-order valence-corrected chi connectivity index (χ0v) is 21.4. The van der Waals surface area contributed by atoms with E-state index in [1.54, 1.807) is 21.5 Å². The number of tetrazole rings is 1. The molecular formula is C26H34N8O2. The highest BCUT2D eigenvalue weighted by molar-refractivity contribution is 5.95. The molecule has 5 rings (SSSR count). The molecule has 0 bridgehead atoms. The van der Waals surface area contributed by atoms with Crippen molar-refractivity contribution in [2.24, 2.45) is 5.41 Å². The van der Waals surface area contributed by atoms with E-state index in [9.17, 15) is 9.59 Å². The number of hydrogen-bond acceptors (Lipinski definition) is 7. The predicted octanol–water partition coefficient (Wildman–Crippen LogP) is 4.02. The van der Waals surface area contributed by atoms with Gasteiger partial charge in [-0.2, -0.15) is 4.52 Å². The van der Waals surface area contributed by atoms with Crippen molar-refractivity contribution < 1.29 is 11.0 Å². The highest BCUT2D eigenvalue weighted by Gasteiger charge is 2.31. The highest BCUT2D eigenvalue weighted by atomic mass is 16.2. The van der Waals surface area contributed by atoms with Crippen LogP contribution >= 0.6 is 0 Å². The molecule has 1 N–H and O–H groups in total. The summed E-state index contributed by atoms with van der Waals surface area (Å²) in [4.78, 5) is 33.8. The maximum Gasteiger partial charge on any atom is 0.253 e. The van der Waals surface area contributed by atoms with Crippen LogP contribution in [-0.2, 0) is 4.79 Å². The van der Waals surface area contributed by atoms with Crippen molar-refractivity contribution in [2.45, 2.75) is 34.6 Å². The van der Waals surface area contributed by atoms with Crippen molar-refractivity contribution in [1.29, 1.82) is 0 Å². The first kappa shape index (κ1) is 25.0. The van der Waals surface area contributed by atoms with Gasteiger partial charge in [-0.15, -0.1) is 5.10 Å². The van der Waals surface area contributed by atoms with Crippen LogP contribution in [0.4, 0.5) is 11.5 Å². The fourth-order valence-corrected chi connectivity index (χ4v) is 4.09. The molecule has 1 fully saturated rings. The van der Waals surface area contributed by atoms with Crippen molar-refractivity contribution in [3.05, 3.63) is 54.1 Å². The molecule has 1 aliphatic heterocycles. The van der Waals surface area contributed by atoms with E-state index in [0.29, 0.717) is 43.2 Å². The summed E-state index contributed by atoms with van der Waals surface area (Å²) < 4.78 is 1.65. The number of benzene rings is 2. The summed E-state index contributed by atoms with van der Waals surface area (Å²) in [6.45, 7) is 11.9. The number of rotatable bonds is 3. The standard InChI is InChI=1S/C24H26N8O2.C2H6.H2/c1-24(2,3)23(34)31-14-12-30(13-15-31)22(33)16-8-10-17(11-9-16)25-20-21-27-28-29-32(21)19-7-5-4-6-18(19)26-20;1-2;/h4-11H,12-15H2,1-3H3,(H,25,26);1-2H3;1H. The Labute approximate surface area is 211 Å². The van der Waals surface area contributed by atoms with Crippen molar-refractivity contribution in [1.82, 2.24) is 34.8 Å². The van der Waals surface area contributed by atoms with Crippen LogP contribution in [0.2, 0.25) is 0 Å². The molecule has 10 nitrogen and oxygen atoms in total. The topological polar surface area (TPSA) is 109 Å². The average Bonchev–Trinajstić information content (AvgIpc) is 3.40. The Morgan fingerprint density at radius 1 is 0.917 bits per heavy atom. The Hall–Kier alpha value is -4.08. The van der Waals surface area contributed by atoms with Crippen molar-refractivity contribution in [3.8, 4) is 0 Å². The van der Waals surface area contributed by atoms with Crippen LogP contribution in [0.3, 0.4) is 0 Å². The number of nitrogens with zero attached hydrogens (tertiary/aromatic N) is 7. The molecule has 2 amide bonds. The smallest absolute Gasteiger partial charge is 0.253 e. The summed E-state index contributed by atoms with van der Waals surface area (Å²) >= 11 is 0. The number of nitrogens with one attached hydrogen (secondary N) is 1. The van der Waals surface area contributed by atoms with Gasteiger partial charge in [0.2, 0.25) is 11.6 Å². The fourth-order valence-electron chi connectivity index (χ4n) is 4.09. The minimum Gasteiger partial charge on any atom is -0.339 e. The van der Waals surface area contributed by atoms with Crippen molar-refractivity contribution in [3.63, 3.8) is 0 Å². The van der Waals surface area contributed by atoms with Gasteiger partial charge in [0, 0.05) is 44.3 Å². The maximum absolute atomic E-state index is 13.0. The lowest BCUT2D eigenvalue weighted by Crippen LogP contribution is -2.53. The summed E-state index contributed by atoms with van der Waals surface area (Å²) in [5, 5.41) is 15.2. The normalized spacial score (nSPS) is 13.9. The van der Waals surface area contributed by atoms with Gasteiger partial charge in [0.25, 0.3) is 5.91 Å². The number of aromatic nitrogens is 5. The molecule has 0 unspecified atom stereocenters. The zero-order valence-electron chi connectivity index (χ0n) is 21.4. The number of fused-ring (bicyclic) bond motifs is 3. The molecule has 10 heteroatoms. The third kappa shape index (κ3) is 4.98. The second-order valence-electron chi connectivity index (χ2n) is 9.40. The first-order valence-electron chi connectivity index (χ1n) is 12.2. The number of para-hydroxylation sites is 2. The molecular weight excluding hydrogens is 456 g/mol. The lowest BCUT2D eigenvalue weighted by molar-refractivity contribution is -0.140. The Morgan fingerprint density at radius 2 is 1.56 bits per heavy atom. The third-order valence-electron chi connectivity index (χ3n) is 5.91. The van der Waals surface area contributed by atoms with Gasteiger partial charge in [-0.05, 0) is 46.8 Å². The summed E-state index contributed by atoms with van der Waals surface area (Å²) in [5.41, 5.74) is 3.05. The van der Waals surface area contributed by atoms with E-state index in [1.807, 2.05) is 75.9 Å². The molecule has 0 radical (unpaired) electrons. The van der Waals surface area contributed by atoms with Crippen LogP contribution in [-0.4, -0.2) is 72.8 Å². The van der Waals surface area contributed by atoms with Gasteiger partial charge in [0.1, 0.15) is 0 Å². The van der Waals surface area contributed by atoms with E-state index in [4.69, 9.17) is 0 Å². The van der Waals surface area contributed by atoms with Crippen LogP contribution in [0.5, 0.6) is 0 Å². The van der Waals surface area contributed by atoms with Gasteiger partial charge < -0.3 is 15.1 Å². The monoisotopic (exact) mass is 490 g/mol. The maximum atomic E-state index is 13.0. The number of hydrogen-bond donors (Lipinski definition) is 1. The minimum atomic E-state index is -0.414. The minimum absolute atomic E-state index is 0. The van der Waals surface area contributed by atoms with Gasteiger partial charge in [-0.25, -0.2) is 4.98 Å². The molecule has 2 aromatic heterocycles. The summed E-state index contributed by atoms with van der Waals surface area (Å²) in [6.07, 6.45) is 0.